The van der Waals surface area contributed by atoms with Crippen LogP contribution in [0.3, 0.4) is 0 Å². The first kappa shape index (κ1) is 16.3. The molecule has 0 saturated carbocycles. The minimum atomic E-state index is -0.865. The van der Waals surface area contributed by atoms with Crippen molar-refractivity contribution >= 4 is 11.9 Å². The molecule has 1 N–H and O–H groups in total. The Labute approximate surface area is 126 Å². The first-order valence-corrected chi connectivity index (χ1v) is 8.25. The summed E-state index contributed by atoms with van der Waals surface area (Å²) in [7, 11) is 0. The fourth-order valence-corrected chi connectivity index (χ4v) is 3.40. The second-order valence-corrected chi connectivity index (χ2v) is 6.27. The molecule has 0 aromatic heterocycles. The largest absolute Gasteiger partial charge is 0.480 e. The van der Waals surface area contributed by atoms with Crippen LogP contribution in [0.1, 0.15) is 58.3 Å². The van der Waals surface area contributed by atoms with E-state index in [0.717, 1.165) is 38.7 Å². The number of carbonyl (C=O) groups excluding carboxylic acids is 1. The molecule has 21 heavy (non-hydrogen) atoms. The highest BCUT2D eigenvalue weighted by atomic mass is 16.5. The molecule has 2 fully saturated rings. The van der Waals surface area contributed by atoms with Gasteiger partial charge in [-0.1, -0.05) is 13.3 Å². The molecule has 0 spiro atoms. The smallest absolute Gasteiger partial charge is 0.326 e. The van der Waals surface area contributed by atoms with E-state index in [2.05, 4.69) is 6.92 Å². The number of rotatable bonds is 5. The Hall–Kier alpha value is -1.10. The summed E-state index contributed by atoms with van der Waals surface area (Å²) in [6.07, 6.45) is 7.11. The van der Waals surface area contributed by atoms with Crippen molar-refractivity contribution in [1.29, 1.82) is 0 Å². The van der Waals surface area contributed by atoms with Crippen LogP contribution in [0.2, 0.25) is 0 Å². The summed E-state index contributed by atoms with van der Waals surface area (Å²) in [6, 6.07) is -0.636. The van der Waals surface area contributed by atoms with E-state index in [1.807, 2.05) is 0 Å². The van der Waals surface area contributed by atoms with Gasteiger partial charge in [0.2, 0.25) is 5.91 Å². The summed E-state index contributed by atoms with van der Waals surface area (Å²) in [5.74, 6) is -0.460. The van der Waals surface area contributed by atoms with Gasteiger partial charge in [-0.25, -0.2) is 4.79 Å². The van der Waals surface area contributed by atoms with Crippen molar-refractivity contribution in [2.45, 2.75) is 70.4 Å². The van der Waals surface area contributed by atoms with E-state index in [1.165, 1.54) is 6.42 Å². The van der Waals surface area contributed by atoms with E-state index in [-0.39, 0.29) is 12.0 Å². The first-order valence-electron chi connectivity index (χ1n) is 8.25. The van der Waals surface area contributed by atoms with Crippen LogP contribution >= 0.6 is 0 Å². The van der Waals surface area contributed by atoms with Gasteiger partial charge < -0.3 is 14.7 Å². The molecular weight excluding hydrogens is 270 g/mol. The normalized spacial score (nSPS) is 30.1. The summed E-state index contributed by atoms with van der Waals surface area (Å²) in [4.78, 5) is 25.4. The van der Waals surface area contributed by atoms with Crippen LogP contribution in [0.15, 0.2) is 0 Å². The van der Waals surface area contributed by atoms with E-state index in [1.54, 1.807) is 4.90 Å². The van der Waals surface area contributed by atoms with Crippen LogP contribution in [0.25, 0.3) is 0 Å². The van der Waals surface area contributed by atoms with Gasteiger partial charge in [-0.2, -0.15) is 0 Å². The molecule has 5 nitrogen and oxygen atoms in total. The van der Waals surface area contributed by atoms with Gasteiger partial charge in [0, 0.05) is 19.6 Å². The average Bonchev–Trinajstić information content (AvgIpc) is 2.52. The number of carbonyl (C=O) groups is 2. The summed E-state index contributed by atoms with van der Waals surface area (Å²) >= 11 is 0. The standard InChI is InChI=1S/C16H27NO4/c1-2-12-8-9-17(14(11-12)16(19)20)15(18)7-6-13-5-3-4-10-21-13/h12-14H,2-11H2,1H3,(H,19,20). The molecule has 2 aliphatic heterocycles. The molecule has 0 aromatic rings. The van der Waals surface area contributed by atoms with Crippen molar-refractivity contribution in [2.24, 2.45) is 5.92 Å². The third-order valence-corrected chi connectivity index (χ3v) is 4.85. The lowest BCUT2D eigenvalue weighted by molar-refractivity contribution is -0.153. The molecule has 1 amide bonds. The quantitative estimate of drug-likeness (QED) is 0.846. The van der Waals surface area contributed by atoms with Crippen molar-refractivity contribution in [3.8, 4) is 0 Å². The molecule has 0 bridgehead atoms. The zero-order valence-corrected chi connectivity index (χ0v) is 12.9. The summed E-state index contributed by atoms with van der Waals surface area (Å²) < 4.78 is 5.64. The maximum absolute atomic E-state index is 12.4. The second-order valence-electron chi connectivity index (χ2n) is 6.27. The van der Waals surface area contributed by atoms with Gasteiger partial charge in [0.25, 0.3) is 0 Å². The van der Waals surface area contributed by atoms with Gasteiger partial charge in [0.1, 0.15) is 6.04 Å². The minimum Gasteiger partial charge on any atom is -0.480 e. The van der Waals surface area contributed by atoms with Crippen LogP contribution in [0.5, 0.6) is 0 Å². The second kappa shape index (κ2) is 7.78. The zero-order chi connectivity index (χ0) is 15.2. The molecule has 2 rings (SSSR count). The summed E-state index contributed by atoms with van der Waals surface area (Å²) in [6.45, 7) is 3.46. The number of likely N-dealkylation sites (tertiary alicyclic amines) is 1. The Balaban J connectivity index is 1.85. The molecule has 2 heterocycles. The highest BCUT2D eigenvalue weighted by Crippen LogP contribution is 2.27. The fraction of sp³-hybridized carbons (Fsp3) is 0.875. The van der Waals surface area contributed by atoms with Crippen molar-refractivity contribution < 1.29 is 19.4 Å². The van der Waals surface area contributed by atoms with Gasteiger partial charge in [0.05, 0.1) is 6.10 Å². The number of carboxylic acids is 1. The first-order chi connectivity index (χ1) is 10.1. The van der Waals surface area contributed by atoms with E-state index in [0.29, 0.717) is 25.3 Å². The SMILES string of the molecule is CCC1CCN(C(=O)CCC2CCCCO2)C(C(=O)O)C1. The number of ether oxygens (including phenoxy) is 1. The number of nitrogens with zero attached hydrogens (tertiary/aromatic N) is 1. The van der Waals surface area contributed by atoms with Gasteiger partial charge in [-0.05, 0) is 44.4 Å². The predicted octanol–water partition coefficient (Wildman–Crippen LogP) is 2.44. The molecule has 2 saturated heterocycles. The highest BCUT2D eigenvalue weighted by molar-refractivity contribution is 5.83. The maximum atomic E-state index is 12.4. The van der Waals surface area contributed by atoms with Crippen LogP contribution in [0, 0.1) is 5.92 Å². The monoisotopic (exact) mass is 297 g/mol. The minimum absolute atomic E-state index is 0.0221. The Morgan fingerprint density at radius 3 is 2.71 bits per heavy atom. The predicted molar refractivity (Wildman–Crippen MR) is 79.0 cm³/mol. The maximum Gasteiger partial charge on any atom is 0.326 e. The van der Waals surface area contributed by atoms with Crippen molar-refractivity contribution in [2.75, 3.05) is 13.2 Å². The Morgan fingerprint density at radius 2 is 2.10 bits per heavy atom. The molecule has 0 aliphatic carbocycles. The van der Waals surface area contributed by atoms with Crippen LogP contribution in [0.4, 0.5) is 0 Å². The Morgan fingerprint density at radius 1 is 1.29 bits per heavy atom. The van der Waals surface area contributed by atoms with E-state index < -0.39 is 12.0 Å². The highest BCUT2D eigenvalue weighted by Gasteiger charge is 2.35. The summed E-state index contributed by atoms with van der Waals surface area (Å²) in [5, 5.41) is 9.37. The summed E-state index contributed by atoms with van der Waals surface area (Å²) in [5.41, 5.74) is 0. The molecule has 120 valence electrons. The molecule has 0 radical (unpaired) electrons. The Bertz CT molecular complexity index is 365. The van der Waals surface area contributed by atoms with Gasteiger partial charge in [-0.15, -0.1) is 0 Å². The molecule has 0 aromatic carbocycles. The molecular formula is C16H27NO4. The zero-order valence-electron chi connectivity index (χ0n) is 12.9. The van der Waals surface area contributed by atoms with Gasteiger partial charge in [-0.3, -0.25) is 4.79 Å². The van der Waals surface area contributed by atoms with Crippen molar-refractivity contribution in [1.82, 2.24) is 4.90 Å². The fourth-order valence-electron chi connectivity index (χ4n) is 3.40. The van der Waals surface area contributed by atoms with E-state index in [4.69, 9.17) is 4.74 Å². The van der Waals surface area contributed by atoms with E-state index >= 15 is 0 Å². The van der Waals surface area contributed by atoms with Crippen molar-refractivity contribution in [3.63, 3.8) is 0 Å². The lowest BCUT2D eigenvalue weighted by Gasteiger charge is -2.37. The Kier molecular flexibility index (Phi) is 6.03. The number of hydrogen-bond donors (Lipinski definition) is 1. The lowest BCUT2D eigenvalue weighted by Crippen LogP contribution is -2.50. The number of carboxylic acid groups (broad SMARTS) is 1. The molecule has 3 atom stereocenters. The average molecular weight is 297 g/mol. The van der Waals surface area contributed by atoms with E-state index in [9.17, 15) is 14.7 Å². The number of piperidine rings is 1. The lowest BCUT2D eigenvalue weighted by atomic mass is 9.88. The molecule has 2 aliphatic rings. The van der Waals surface area contributed by atoms with Crippen LogP contribution in [-0.2, 0) is 14.3 Å². The number of hydrogen-bond acceptors (Lipinski definition) is 3. The number of aliphatic carboxylic acids is 1. The van der Waals surface area contributed by atoms with Crippen molar-refractivity contribution in [3.05, 3.63) is 0 Å². The topological polar surface area (TPSA) is 66.8 Å². The molecule has 5 heteroatoms. The molecule has 3 unspecified atom stereocenters. The van der Waals surface area contributed by atoms with Crippen LogP contribution < -0.4 is 0 Å². The third kappa shape index (κ3) is 4.43. The van der Waals surface area contributed by atoms with Gasteiger partial charge in [0.15, 0.2) is 0 Å². The van der Waals surface area contributed by atoms with Gasteiger partial charge >= 0.3 is 5.97 Å². The van der Waals surface area contributed by atoms with Crippen LogP contribution in [-0.4, -0.2) is 47.2 Å². The third-order valence-electron chi connectivity index (χ3n) is 4.85. The number of amides is 1.